The molecule has 0 saturated heterocycles. The van der Waals surface area contributed by atoms with E-state index in [0.29, 0.717) is 28.7 Å². The van der Waals surface area contributed by atoms with Gasteiger partial charge in [-0.05, 0) is 43.2 Å². The lowest BCUT2D eigenvalue weighted by molar-refractivity contribution is 0.510. The predicted molar refractivity (Wildman–Crippen MR) is 115 cm³/mol. The summed E-state index contributed by atoms with van der Waals surface area (Å²) in [6.45, 7) is 4.44. The highest BCUT2D eigenvalue weighted by atomic mass is 19.1. The van der Waals surface area contributed by atoms with Gasteiger partial charge in [0, 0.05) is 6.04 Å². The van der Waals surface area contributed by atoms with E-state index in [9.17, 15) is 9.18 Å². The topological polar surface area (TPSA) is 65.6 Å². The molecule has 0 bridgehead atoms. The molecule has 150 valence electrons. The molecule has 30 heavy (non-hydrogen) atoms. The number of hydrogen-bond acceptors (Lipinski definition) is 4. The maximum Gasteiger partial charge on any atom is 0.265 e. The number of nitrogens with zero attached hydrogens (tertiary/aromatic N) is 5. The SMILES string of the molecule is CCC(C)n1cnc2c(c1=O)c1nc3ccccc3nc1n2Cc1ccc(F)cc1. The molecule has 5 rings (SSSR count). The lowest BCUT2D eigenvalue weighted by atomic mass is 10.2. The molecule has 0 fully saturated rings. The molecule has 0 radical (unpaired) electrons. The predicted octanol–water partition coefficient (Wildman–Crippen LogP) is 4.45. The van der Waals surface area contributed by atoms with E-state index in [4.69, 9.17) is 9.97 Å². The van der Waals surface area contributed by atoms with Crippen molar-refractivity contribution in [2.75, 3.05) is 0 Å². The third-order valence-electron chi connectivity index (χ3n) is 5.60. The molecule has 3 aromatic heterocycles. The van der Waals surface area contributed by atoms with E-state index >= 15 is 0 Å². The summed E-state index contributed by atoms with van der Waals surface area (Å²) in [5.41, 5.74) is 3.91. The van der Waals surface area contributed by atoms with Crippen LogP contribution in [0.4, 0.5) is 4.39 Å². The number of hydrogen-bond donors (Lipinski definition) is 0. The molecule has 7 heteroatoms. The summed E-state index contributed by atoms with van der Waals surface area (Å²) in [5, 5.41) is 0.466. The van der Waals surface area contributed by atoms with Gasteiger partial charge >= 0.3 is 0 Å². The Morgan fingerprint density at radius 1 is 1.00 bits per heavy atom. The van der Waals surface area contributed by atoms with Crippen molar-refractivity contribution in [3.8, 4) is 0 Å². The van der Waals surface area contributed by atoms with Gasteiger partial charge in [0.05, 0.1) is 17.6 Å². The summed E-state index contributed by atoms with van der Waals surface area (Å²) in [6, 6.07) is 13.9. The zero-order valence-electron chi connectivity index (χ0n) is 16.7. The van der Waals surface area contributed by atoms with Gasteiger partial charge in [-0.15, -0.1) is 0 Å². The number of para-hydroxylation sites is 2. The van der Waals surface area contributed by atoms with E-state index in [0.717, 1.165) is 23.0 Å². The van der Waals surface area contributed by atoms with Crippen LogP contribution in [0.5, 0.6) is 0 Å². The van der Waals surface area contributed by atoms with Gasteiger partial charge in [-0.2, -0.15) is 0 Å². The Morgan fingerprint density at radius 3 is 2.40 bits per heavy atom. The average Bonchev–Trinajstić information content (AvgIpc) is 3.06. The van der Waals surface area contributed by atoms with Crippen molar-refractivity contribution in [1.29, 1.82) is 0 Å². The molecular weight excluding hydrogens is 381 g/mol. The van der Waals surface area contributed by atoms with Gasteiger partial charge in [0.25, 0.3) is 5.56 Å². The minimum Gasteiger partial charge on any atom is -0.304 e. The molecule has 3 heterocycles. The molecule has 0 saturated carbocycles. The van der Waals surface area contributed by atoms with Gasteiger partial charge in [-0.1, -0.05) is 31.2 Å². The fraction of sp³-hybridized carbons (Fsp3) is 0.217. The monoisotopic (exact) mass is 401 g/mol. The fourth-order valence-corrected chi connectivity index (χ4v) is 3.75. The Labute approximate surface area is 171 Å². The number of fused-ring (bicyclic) bond motifs is 4. The van der Waals surface area contributed by atoms with Crippen LogP contribution in [0.2, 0.25) is 0 Å². The van der Waals surface area contributed by atoms with Gasteiger partial charge in [0.15, 0.2) is 11.3 Å². The second kappa shape index (κ2) is 7.02. The smallest absolute Gasteiger partial charge is 0.265 e. The summed E-state index contributed by atoms with van der Waals surface area (Å²) in [4.78, 5) is 27.6. The maximum absolute atomic E-state index is 13.4. The van der Waals surface area contributed by atoms with Crippen LogP contribution < -0.4 is 5.56 Å². The number of rotatable bonds is 4. The normalized spacial score (nSPS) is 12.8. The van der Waals surface area contributed by atoms with Crippen LogP contribution in [0, 0.1) is 5.82 Å². The molecule has 0 spiro atoms. The van der Waals surface area contributed by atoms with Gasteiger partial charge in [-0.3, -0.25) is 9.36 Å². The maximum atomic E-state index is 13.4. The summed E-state index contributed by atoms with van der Waals surface area (Å²) in [5.74, 6) is -0.290. The van der Waals surface area contributed by atoms with Crippen molar-refractivity contribution in [2.45, 2.75) is 32.9 Å². The van der Waals surface area contributed by atoms with Crippen molar-refractivity contribution in [1.82, 2.24) is 24.1 Å². The van der Waals surface area contributed by atoms with Crippen molar-refractivity contribution in [3.63, 3.8) is 0 Å². The Kier molecular flexibility index (Phi) is 4.31. The molecule has 0 aliphatic heterocycles. The minimum atomic E-state index is -0.290. The first-order chi connectivity index (χ1) is 14.6. The zero-order chi connectivity index (χ0) is 20.8. The third-order valence-corrected chi connectivity index (χ3v) is 5.60. The Balaban J connectivity index is 1.86. The highest BCUT2D eigenvalue weighted by Crippen LogP contribution is 2.26. The van der Waals surface area contributed by atoms with Gasteiger partial charge in [0.2, 0.25) is 0 Å². The molecule has 1 atom stereocenters. The van der Waals surface area contributed by atoms with Gasteiger partial charge in [0.1, 0.15) is 23.0 Å². The van der Waals surface area contributed by atoms with Crippen LogP contribution in [0.25, 0.3) is 33.2 Å². The molecule has 0 aliphatic carbocycles. The van der Waals surface area contributed by atoms with Crippen molar-refractivity contribution >= 4 is 33.2 Å². The molecule has 2 aromatic carbocycles. The van der Waals surface area contributed by atoms with E-state index in [2.05, 4.69) is 4.98 Å². The van der Waals surface area contributed by atoms with E-state index in [1.807, 2.05) is 42.7 Å². The van der Waals surface area contributed by atoms with E-state index in [1.54, 1.807) is 23.0 Å². The standard InChI is InChI=1S/C23H20FN5O/c1-3-14(2)29-13-25-21-19(23(29)30)20-22(27-18-7-5-4-6-17(18)26-20)28(21)12-15-8-10-16(24)11-9-15/h4-11,13-14H,3,12H2,1-2H3. The van der Waals surface area contributed by atoms with Crippen LogP contribution in [0.15, 0.2) is 59.7 Å². The summed E-state index contributed by atoms with van der Waals surface area (Å²) >= 11 is 0. The summed E-state index contributed by atoms with van der Waals surface area (Å²) in [7, 11) is 0. The molecule has 0 amide bonds. The highest BCUT2D eigenvalue weighted by molar-refractivity contribution is 6.04. The Hall–Kier alpha value is -3.61. The van der Waals surface area contributed by atoms with E-state index in [-0.39, 0.29) is 17.4 Å². The van der Waals surface area contributed by atoms with E-state index in [1.165, 1.54) is 12.1 Å². The zero-order valence-corrected chi connectivity index (χ0v) is 16.7. The first-order valence-electron chi connectivity index (χ1n) is 9.97. The summed E-state index contributed by atoms with van der Waals surface area (Å²) in [6.07, 6.45) is 2.41. The minimum absolute atomic E-state index is 0.0262. The highest BCUT2D eigenvalue weighted by Gasteiger charge is 2.21. The first kappa shape index (κ1) is 18.4. The lowest BCUT2D eigenvalue weighted by Gasteiger charge is -2.12. The molecule has 0 N–H and O–H groups in total. The van der Waals surface area contributed by atoms with Crippen molar-refractivity contribution in [2.24, 2.45) is 0 Å². The average molecular weight is 401 g/mol. The second-order valence-electron chi connectivity index (χ2n) is 7.51. The van der Waals surface area contributed by atoms with Gasteiger partial charge in [-0.25, -0.2) is 19.3 Å². The Morgan fingerprint density at radius 2 is 1.70 bits per heavy atom. The van der Waals surface area contributed by atoms with Crippen LogP contribution >= 0.6 is 0 Å². The largest absolute Gasteiger partial charge is 0.304 e. The number of benzene rings is 2. The molecule has 1 unspecified atom stereocenters. The summed E-state index contributed by atoms with van der Waals surface area (Å²) < 4.78 is 16.9. The lowest BCUT2D eigenvalue weighted by Crippen LogP contribution is -2.23. The van der Waals surface area contributed by atoms with Crippen LogP contribution in [-0.4, -0.2) is 24.1 Å². The van der Waals surface area contributed by atoms with Crippen LogP contribution in [-0.2, 0) is 6.54 Å². The van der Waals surface area contributed by atoms with Crippen LogP contribution in [0.3, 0.4) is 0 Å². The van der Waals surface area contributed by atoms with E-state index < -0.39 is 0 Å². The molecule has 0 aliphatic rings. The molecule has 6 nitrogen and oxygen atoms in total. The third kappa shape index (κ3) is 2.85. The van der Waals surface area contributed by atoms with Gasteiger partial charge < -0.3 is 4.57 Å². The fourth-order valence-electron chi connectivity index (χ4n) is 3.75. The molecule has 5 aromatic rings. The first-order valence-corrected chi connectivity index (χ1v) is 9.97. The van der Waals surface area contributed by atoms with Crippen molar-refractivity contribution in [3.05, 3.63) is 76.6 Å². The second-order valence-corrected chi connectivity index (χ2v) is 7.51. The van der Waals surface area contributed by atoms with Crippen LogP contribution in [0.1, 0.15) is 31.9 Å². The quantitative estimate of drug-likeness (QED) is 0.446. The molecular formula is C23H20FN5O. The van der Waals surface area contributed by atoms with Crippen molar-refractivity contribution < 1.29 is 4.39 Å². The Bertz CT molecular complexity index is 1450. The number of halogens is 1. The number of aromatic nitrogens is 5.